The third kappa shape index (κ3) is 3.60. The molecule has 2 atom stereocenters. The van der Waals surface area contributed by atoms with E-state index in [-0.39, 0.29) is 29.3 Å². The zero-order valence-corrected chi connectivity index (χ0v) is 19.2. The molecule has 2 aromatic carbocycles. The van der Waals surface area contributed by atoms with Crippen LogP contribution in [-0.4, -0.2) is 41.5 Å². The molecule has 1 saturated heterocycles. The number of aliphatic carboxylic acids is 1. The Kier molecular flexibility index (Phi) is 6.07. The third-order valence-corrected chi connectivity index (χ3v) is 7.62. The summed E-state index contributed by atoms with van der Waals surface area (Å²) >= 11 is 7.79. The fraction of sp³-hybridized carbons (Fsp3) is 0.292. The van der Waals surface area contributed by atoms with E-state index in [0.717, 1.165) is 10.1 Å². The van der Waals surface area contributed by atoms with E-state index in [1.54, 1.807) is 25.1 Å². The van der Waals surface area contributed by atoms with E-state index in [1.807, 2.05) is 35.7 Å². The molecule has 32 heavy (non-hydrogen) atoms. The van der Waals surface area contributed by atoms with Crippen LogP contribution in [0.5, 0.6) is 0 Å². The summed E-state index contributed by atoms with van der Waals surface area (Å²) in [5.41, 5.74) is 0.232. The molecule has 2 amide bonds. The maximum absolute atomic E-state index is 14.2. The van der Waals surface area contributed by atoms with Gasteiger partial charge in [0.1, 0.15) is 5.69 Å². The molecule has 1 fully saturated rings. The van der Waals surface area contributed by atoms with Crippen LogP contribution in [0.2, 0.25) is 5.02 Å². The molecule has 1 aromatic heterocycles. The van der Waals surface area contributed by atoms with Gasteiger partial charge in [-0.05, 0) is 24.6 Å². The molecule has 2 N–H and O–H groups in total. The first-order chi connectivity index (χ1) is 15.3. The zero-order valence-electron chi connectivity index (χ0n) is 17.6. The zero-order chi connectivity index (χ0) is 22.9. The standard InChI is InChI=1S/C24H23ClN2O4S/c1-24(23(31)26-12-5-10-21(28)29)11-13-27(24,17-7-4-6-16(25)14-17)22(30)19-15-32-20-9-3-2-8-18(19)20/h2-4,6-9,14-15H,5,10-13H2,1H3,(H-,26,28,29,31)/p+1. The Bertz CT molecular complexity index is 1210. The highest BCUT2D eigenvalue weighted by molar-refractivity contribution is 7.17. The number of hydrogen-bond acceptors (Lipinski definition) is 4. The van der Waals surface area contributed by atoms with E-state index >= 15 is 0 Å². The summed E-state index contributed by atoms with van der Waals surface area (Å²) in [6, 6.07) is 14.9. The summed E-state index contributed by atoms with van der Waals surface area (Å²) in [6.45, 7) is 2.52. The minimum absolute atomic E-state index is 0.0227. The number of thiophene rings is 1. The van der Waals surface area contributed by atoms with E-state index in [0.29, 0.717) is 35.7 Å². The lowest BCUT2D eigenvalue weighted by Gasteiger charge is -2.55. The largest absolute Gasteiger partial charge is 0.481 e. The number of amides is 2. The number of benzene rings is 2. The van der Waals surface area contributed by atoms with Gasteiger partial charge in [0.05, 0.1) is 18.5 Å². The van der Waals surface area contributed by atoms with Crippen molar-refractivity contribution in [3.8, 4) is 0 Å². The summed E-state index contributed by atoms with van der Waals surface area (Å²) in [6.07, 6.45) is 0.834. The van der Waals surface area contributed by atoms with Crippen LogP contribution in [0.1, 0.15) is 36.5 Å². The van der Waals surface area contributed by atoms with E-state index in [4.69, 9.17) is 16.7 Å². The minimum atomic E-state index is -1.03. The first kappa shape index (κ1) is 22.5. The Morgan fingerprint density at radius 3 is 2.66 bits per heavy atom. The van der Waals surface area contributed by atoms with Crippen molar-refractivity contribution in [2.75, 3.05) is 13.1 Å². The van der Waals surface area contributed by atoms with Gasteiger partial charge in [0.15, 0.2) is 5.54 Å². The first-order valence-corrected chi connectivity index (χ1v) is 11.7. The maximum atomic E-state index is 14.2. The van der Waals surface area contributed by atoms with Crippen molar-refractivity contribution in [1.29, 1.82) is 0 Å². The lowest BCUT2D eigenvalue weighted by Crippen LogP contribution is -2.81. The van der Waals surface area contributed by atoms with Gasteiger partial charge in [0.25, 0.3) is 5.91 Å². The quantitative estimate of drug-likeness (QED) is 0.381. The van der Waals surface area contributed by atoms with Crippen molar-refractivity contribution >= 4 is 56.5 Å². The van der Waals surface area contributed by atoms with Crippen LogP contribution in [0, 0.1) is 0 Å². The number of carbonyl (C=O) groups excluding carboxylic acids is 2. The van der Waals surface area contributed by atoms with Crippen LogP contribution in [0.3, 0.4) is 0 Å². The van der Waals surface area contributed by atoms with Crippen molar-refractivity contribution in [2.45, 2.75) is 31.7 Å². The topological polar surface area (TPSA) is 83.5 Å². The Morgan fingerprint density at radius 1 is 1.19 bits per heavy atom. The van der Waals surface area contributed by atoms with Gasteiger partial charge in [-0.1, -0.05) is 35.9 Å². The molecule has 6 nitrogen and oxygen atoms in total. The second kappa shape index (κ2) is 8.65. The van der Waals surface area contributed by atoms with Gasteiger partial charge in [-0.15, -0.1) is 11.3 Å². The molecule has 0 radical (unpaired) electrons. The number of halogens is 1. The normalized spacial score (nSPS) is 22.3. The number of nitrogens with zero attached hydrogens (tertiary/aromatic N) is 1. The number of rotatable bonds is 7. The summed E-state index contributed by atoms with van der Waals surface area (Å²) in [4.78, 5) is 38.3. The van der Waals surface area contributed by atoms with Gasteiger partial charge >= 0.3 is 11.9 Å². The molecule has 2 unspecified atom stereocenters. The lowest BCUT2D eigenvalue weighted by atomic mass is 9.79. The Balaban J connectivity index is 1.75. The molecule has 2 heterocycles. The van der Waals surface area contributed by atoms with E-state index in [9.17, 15) is 14.4 Å². The van der Waals surface area contributed by atoms with Gasteiger partial charge in [0.2, 0.25) is 0 Å². The second-order valence-electron chi connectivity index (χ2n) is 8.24. The average Bonchev–Trinajstić information content (AvgIpc) is 3.19. The Hall–Kier alpha value is -2.74. The van der Waals surface area contributed by atoms with Crippen LogP contribution >= 0.6 is 22.9 Å². The molecule has 3 aromatic rings. The number of likely N-dealkylation sites (tertiary alicyclic amines) is 1. The summed E-state index contributed by atoms with van der Waals surface area (Å²) in [7, 11) is 0. The number of quaternary nitrogens is 1. The van der Waals surface area contributed by atoms with Gasteiger partial charge in [-0.2, -0.15) is 0 Å². The van der Waals surface area contributed by atoms with Crippen LogP contribution in [0.4, 0.5) is 5.69 Å². The number of carboxylic acids is 1. The van der Waals surface area contributed by atoms with Crippen molar-refractivity contribution in [3.63, 3.8) is 0 Å². The molecule has 0 aliphatic carbocycles. The number of hydrogen-bond donors (Lipinski definition) is 2. The van der Waals surface area contributed by atoms with Crippen LogP contribution in [0.15, 0.2) is 53.9 Å². The molecular formula is C24H24ClN2O4S+. The van der Waals surface area contributed by atoms with Crippen LogP contribution in [0.25, 0.3) is 10.1 Å². The second-order valence-corrected chi connectivity index (χ2v) is 9.59. The number of nitrogens with one attached hydrogen (secondary N) is 1. The highest BCUT2D eigenvalue weighted by Gasteiger charge is 2.67. The highest BCUT2D eigenvalue weighted by Crippen LogP contribution is 2.47. The van der Waals surface area contributed by atoms with Crippen molar-refractivity contribution in [1.82, 2.24) is 9.80 Å². The monoisotopic (exact) mass is 471 g/mol. The molecule has 1 aliphatic rings. The smallest absolute Gasteiger partial charge is 0.353 e. The Labute approximate surface area is 195 Å². The number of carboxylic acid groups (broad SMARTS) is 1. The Morgan fingerprint density at radius 2 is 1.97 bits per heavy atom. The lowest BCUT2D eigenvalue weighted by molar-refractivity contribution is -0.138. The maximum Gasteiger partial charge on any atom is 0.353 e. The SMILES string of the molecule is CC1(C(=O)NCCCC(=O)O)CC[N+]1(C(=O)c1csc2ccccc12)c1cccc(Cl)c1. The molecular weight excluding hydrogens is 448 g/mol. The van der Waals surface area contributed by atoms with Crippen molar-refractivity contribution in [2.24, 2.45) is 0 Å². The molecule has 166 valence electrons. The summed E-state index contributed by atoms with van der Waals surface area (Å²) in [5.74, 6) is -1.31. The third-order valence-electron chi connectivity index (χ3n) is 6.43. The van der Waals surface area contributed by atoms with Crippen LogP contribution < -0.4 is 9.80 Å². The van der Waals surface area contributed by atoms with Crippen LogP contribution in [-0.2, 0) is 9.59 Å². The van der Waals surface area contributed by atoms with E-state index < -0.39 is 11.5 Å². The van der Waals surface area contributed by atoms with Gasteiger partial charge in [0, 0.05) is 46.4 Å². The number of fused-ring (bicyclic) bond motifs is 1. The molecule has 8 heteroatoms. The molecule has 0 saturated carbocycles. The summed E-state index contributed by atoms with van der Waals surface area (Å²) < 4.78 is 0.861. The predicted molar refractivity (Wildman–Crippen MR) is 127 cm³/mol. The molecule has 4 rings (SSSR count). The minimum Gasteiger partial charge on any atom is -0.481 e. The van der Waals surface area contributed by atoms with Crippen molar-refractivity contribution in [3.05, 3.63) is 64.5 Å². The fourth-order valence-corrected chi connectivity index (χ4v) is 5.63. The van der Waals surface area contributed by atoms with E-state index in [1.165, 1.54) is 11.3 Å². The molecule has 0 bridgehead atoms. The van der Waals surface area contributed by atoms with Crippen molar-refractivity contribution < 1.29 is 19.5 Å². The van der Waals surface area contributed by atoms with Gasteiger partial charge in [-0.25, -0.2) is 9.28 Å². The first-order valence-electron chi connectivity index (χ1n) is 10.4. The molecule has 0 spiro atoms. The van der Waals surface area contributed by atoms with Gasteiger partial charge < -0.3 is 10.4 Å². The highest BCUT2D eigenvalue weighted by atomic mass is 35.5. The van der Waals surface area contributed by atoms with E-state index in [2.05, 4.69) is 5.32 Å². The summed E-state index contributed by atoms with van der Waals surface area (Å²) in [5, 5.41) is 14.9. The average molecular weight is 472 g/mol. The predicted octanol–water partition coefficient (Wildman–Crippen LogP) is 4.85. The molecule has 1 aliphatic heterocycles. The number of carbonyl (C=O) groups is 3. The van der Waals surface area contributed by atoms with Gasteiger partial charge in [-0.3, -0.25) is 9.59 Å². The fourth-order valence-electron chi connectivity index (χ4n) is 4.51.